The molecule has 150 valence electrons. The van der Waals surface area contributed by atoms with Crippen LogP contribution < -0.4 is 5.32 Å². The Morgan fingerprint density at radius 1 is 1.07 bits per heavy atom. The molecule has 5 nitrogen and oxygen atoms in total. The van der Waals surface area contributed by atoms with E-state index in [9.17, 15) is 18.0 Å². The van der Waals surface area contributed by atoms with Gasteiger partial charge in [0.2, 0.25) is 5.91 Å². The van der Waals surface area contributed by atoms with Gasteiger partial charge in [0.1, 0.15) is 5.65 Å². The molecule has 0 aliphatic carbocycles. The van der Waals surface area contributed by atoms with Crippen molar-refractivity contribution in [3.63, 3.8) is 0 Å². The van der Waals surface area contributed by atoms with Gasteiger partial charge in [0.15, 0.2) is 0 Å². The maximum Gasteiger partial charge on any atom is 0.416 e. The van der Waals surface area contributed by atoms with E-state index in [-0.39, 0.29) is 11.3 Å². The molecule has 1 amide bonds. The normalized spacial score (nSPS) is 11.4. The van der Waals surface area contributed by atoms with Crippen LogP contribution in [0.25, 0.3) is 33.3 Å². The Morgan fingerprint density at radius 2 is 1.83 bits per heavy atom. The summed E-state index contributed by atoms with van der Waals surface area (Å²) in [6.45, 7) is 3.32. The predicted octanol–water partition coefficient (Wildman–Crippen LogP) is 5.44. The third kappa shape index (κ3) is 3.80. The lowest BCUT2D eigenvalue weighted by molar-refractivity contribution is -0.137. The molecule has 0 fully saturated rings. The highest BCUT2D eigenvalue weighted by Gasteiger charge is 2.31. The van der Waals surface area contributed by atoms with Gasteiger partial charge in [-0.2, -0.15) is 13.2 Å². The molecule has 3 aromatic heterocycles. The average molecular weight is 408 g/mol. The monoisotopic (exact) mass is 408 g/mol. The van der Waals surface area contributed by atoms with Gasteiger partial charge in [-0.25, -0.2) is 4.98 Å². The van der Waals surface area contributed by atoms with E-state index in [0.717, 1.165) is 34.7 Å². The Labute approximate surface area is 169 Å². The Hall–Kier alpha value is -3.94. The average Bonchev–Trinajstić information content (AvgIpc) is 3.16. The highest BCUT2D eigenvalue weighted by Crippen LogP contribution is 2.36. The summed E-state index contributed by atoms with van der Waals surface area (Å²) in [6, 6.07) is 8.83. The van der Waals surface area contributed by atoms with E-state index in [4.69, 9.17) is 0 Å². The number of aromatic nitrogens is 3. The number of halogens is 3. The van der Waals surface area contributed by atoms with Gasteiger partial charge in [0.05, 0.1) is 5.56 Å². The molecule has 0 bridgehead atoms. The number of carbonyl (C=O) groups is 1. The number of rotatable bonds is 4. The van der Waals surface area contributed by atoms with Crippen LogP contribution in [-0.4, -0.2) is 20.9 Å². The molecule has 3 heterocycles. The number of benzene rings is 1. The first-order valence-corrected chi connectivity index (χ1v) is 8.89. The number of hydrogen-bond acceptors (Lipinski definition) is 3. The van der Waals surface area contributed by atoms with E-state index in [1.807, 2.05) is 12.1 Å². The summed E-state index contributed by atoms with van der Waals surface area (Å²) in [7, 11) is 0. The summed E-state index contributed by atoms with van der Waals surface area (Å²) in [6.07, 6.45) is 3.02. The zero-order valence-corrected chi connectivity index (χ0v) is 15.5. The summed E-state index contributed by atoms with van der Waals surface area (Å²) >= 11 is 0. The first kappa shape index (κ1) is 19.4. The minimum Gasteiger partial charge on any atom is -0.346 e. The van der Waals surface area contributed by atoms with Gasteiger partial charge in [0, 0.05) is 47.0 Å². The third-order valence-electron chi connectivity index (χ3n) is 4.57. The van der Waals surface area contributed by atoms with E-state index >= 15 is 0 Å². The van der Waals surface area contributed by atoms with E-state index in [2.05, 4.69) is 26.8 Å². The van der Waals surface area contributed by atoms with Crippen molar-refractivity contribution >= 4 is 22.6 Å². The number of anilines is 1. The van der Waals surface area contributed by atoms with Gasteiger partial charge in [-0.15, -0.1) is 0 Å². The van der Waals surface area contributed by atoms with Crippen molar-refractivity contribution < 1.29 is 18.0 Å². The Bertz CT molecular complexity index is 1250. The second-order valence-electron chi connectivity index (χ2n) is 6.55. The molecule has 4 rings (SSSR count). The number of aromatic amines is 1. The predicted molar refractivity (Wildman–Crippen MR) is 109 cm³/mol. The lowest BCUT2D eigenvalue weighted by atomic mass is 10.0. The van der Waals surface area contributed by atoms with Crippen molar-refractivity contribution in [3.8, 4) is 22.3 Å². The van der Waals surface area contributed by atoms with E-state index in [1.165, 1.54) is 12.3 Å². The van der Waals surface area contributed by atoms with Gasteiger partial charge in [0.25, 0.3) is 0 Å². The smallest absolute Gasteiger partial charge is 0.346 e. The number of fused-ring (bicyclic) bond motifs is 1. The van der Waals surface area contributed by atoms with Crippen molar-refractivity contribution in [3.05, 3.63) is 79.4 Å². The molecule has 0 unspecified atom stereocenters. The highest BCUT2D eigenvalue weighted by atomic mass is 19.4. The number of hydrogen-bond donors (Lipinski definition) is 2. The van der Waals surface area contributed by atoms with Gasteiger partial charge in [-0.05, 0) is 53.6 Å². The van der Waals surface area contributed by atoms with Crippen LogP contribution in [-0.2, 0) is 11.0 Å². The number of nitrogens with one attached hydrogen (secondary N) is 2. The van der Waals surface area contributed by atoms with Crippen molar-refractivity contribution in [1.29, 1.82) is 0 Å². The van der Waals surface area contributed by atoms with Crippen LogP contribution in [0.15, 0.2) is 73.8 Å². The second-order valence-corrected chi connectivity index (χ2v) is 6.55. The van der Waals surface area contributed by atoms with Crippen molar-refractivity contribution in [2.75, 3.05) is 5.32 Å². The van der Waals surface area contributed by atoms with Crippen LogP contribution in [0.1, 0.15) is 5.56 Å². The molecular weight excluding hydrogens is 393 g/mol. The zero-order valence-electron chi connectivity index (χ0n) is 15.5. The maximum absolute atomic E-state index is 13.4. The maximum atomic E-state index is 13.4. The van der Waals surface area contributed by atoms with Gasteiger partial charge >= 0.3 is 6.18 Å². The Balaban J connectivity index is 1.85. The highest BCUT2D eigenvalue weighted by molar-refractivity contribution is 6.00. The van der Waals surface area contributed by atoms with Crippen LogP contribution in [0, 0.1) is 0 Å². The number of pyridine rings is 2. The quantitative estimate of drug-likeness (QED) is 0.442. The number of alkyl halides is 3. The molecule has 0 atom stereocenters. The standard InChI is InChI=1S/C22H15F3N4O/c1-2-20(30)29-17-8-14(7-16(10-17)22(23,24)25)15-9-18-19(12-28-21(18)27-11-15)13-3-5-26-6-4-13/h2-12H,1H2,(H,27,28)(H,29,30). The minimum atomic E-state index is -4.57. The fourth-order valence-corrected chi connectivity index (χ4v) is 3.15. The van der Waals surface area contributed by atoms with Gasteiger partial charge in [-0.3, -0.25) is 9.78 Å². The van der Waals surface area contributed by atoms with Crippen LogP contribution in [0.2, 0.25) is 0 Å². The van der Waals surface area contributed by atoms with E-state index in [1.54, 1.807) is 24.7 Å². The fourth-order valence-electron chi connectivity index (χ4n) is 3.15. The third-order valence-corrected chi connectivity index (χ3v) is 4.57. The Morgan fingerprint density at radius 3 is 2.53 bits per heavy atom. The number of H-pyrrole nitrogens is 1. The van der Waals surface area contributed by atoms with Crippen molar-refractivity contribution in [2.24, 2.45) is 0 Å². The molecular formula is C22H15F3N4O. The van der Waals surface area contributed by atoms with Crippen LogP contribution in [0.4, 0.5) is 18.9 Å². The van der Waals surface area contributed by atoms with Crippen molar-refractivity contribution in [1.82, 2.24) is 15.0 Å². The van der Waals surface area contributed by atoms with Crippen LogP contribution >= 0.6 is 0 Å². The van der Waals surface area contributed by atoms with Gasteiger partial charge in [-0.1, -0.05) is 6.58 Å². The molecule has 0 saturated heterocycles. The largest absolute Gasteiger partial charge is 0.416 e. The number of carbonyl (C=O) groups excluding carboxylic acids is 1. The summed E-state index contributed by atoms with van der Waals surface area (Å²) in [5.41, 5.74) is 2.28. The zero-order chi connectivity index (χ0) is 21.3. The lowest BCUT2D eigenvalue weighted by Gasteiger charge is -2.13. The first-order valence-electron chi connectivity index (χ1n) is 8.89. The molecule has 0 saturated carbocycles. The number of amides is 1. The van der Waals surface area contributed by atoms with Crippen molar-refractivity contribution in [2.45, 2.75) is 6.18 Å². The summed E-state index contributed by atoms with van der Waals surface area (Å²) < 4.78 is 40.2. The fraction of sp³-hybridized carbons (Fsp3) is 0.0455. The van der Waals surface area contributed by atoms with Crippen LogP contribution in [0.5, 0.6) is 0 Å². The molecule has 0 aliphatic rings. The molecule has 30 heavy (non-hydrogen) atoms. The molecule has 2 N–H and O–H groups in total. The molecule has 1 aromatic carbocycles. The molecule has 0 radical (unpaired) electrons. The van der Waals surface area contributed by atoms with E-state index in [0.29, 0.717) is 11.2 Å². The molecule has 0 spiro atoms. The minimum absolute atomic E-state index is 0.0215. The first-order chi connectivity index (χ1) is 14.3. The van der Waals surface area contributed by atoms with E-state index < -0.39 is 17.6 Å². The van der Waals surface area contributed by atoms with Crippen LogP contribution in [0.3, 0.4) is 0 Å². The van der Waals surface area contributed by atoms with Gasteiger partial charge < -0.3 is 10.3 Å². The SMILES string of the molecule is C=CC(=O)Nc1cc(-c2cnc3[nH]cc(-c4ccncc4)c3c2)cc(C(F)(F)F)c1. The molecule has 0 aliphatic heterocycles. The molecule has 8 heteroatoms. The summed E-state index contributed by atoms with van der Waals surface area (Å²) in [5, 5.41) is 3.15. The second kappa shape index (κ2) is 7.47. The topological polar surface area (TPSA) is 70.7 Å². The lowest BCUT2D eigenvalue weighted by Crippen LogP contribution is -2.10. The molecule has 4 aromatic rings. The Kier molecular flexibility index (Phi) is 4.83. The number of nitrogens with zero attached hydrogens (tertiary/aromatic N) is 2. The summed E-state index contributed by atoms with van der Waals surface area (Å²) in [5.74, 6) is -0.598. The summed E-state index contributed by atoms with van der Waals surface area (Å²) in [4.78, 5) is 23.0.